The lowest BCUT2D eigenvalue weighted by Crippen LogP contribution is -2.44. The fraction of sp³-hybridized carbons (Fsp3) is 0.900. The Hall–Kier alpha value is -0.820. The molecule has 1 heterocycles. The molecule has 1 fully saturated rings. The molecule has 0 aliphatic carbocycles. The van der Waals surface area contributed by atoms with E-state index in [9.17, 15) is 18.0 Å². The first-order valence-corrected chi connectivity index (χ1v) is 5.63. The molecule has 0 aromatic heterocycles. The second-order valence-electron chi connectivity index (χ2n) is 4.36. The van der Waals surface area contributed by atoms with E-state index in [2.05, 4.69) is 0 Å². The number of amides is 1. The van der Waals surface area contributed by atoms with E-state index in [1.165, 1.54) is 4.90 Å². The van der Waals surface area contributed by atoms with E-state index in [0.29, 0.717) is 26.1 Å². The zero-order valence-corrected chi connectivity index (χ0v) is 9.83. The summed E-state index contributed by atoms with van der Waals surface area (Å²) in [6.07, 6.45) is -3.63. The van der Waals surface area contributed by atoms with Crippen LogP contribution in [0.25, 0.3) is 0 Å². The quantitative estimate of drug-likeness (QED) is 0.776. The smallest absolute Gasteiger partial charge is 0.340 e. The molecular weight excluding hydrogens is 235 g/mol. The van der Waals surface area contributed by atoms with Gasteiger partial charge in [0.15, 0.2) is 0 Å². The Bertz CT molecular complexity index is 268. The van der Waals surface area contributed by atoms with Gasteiger partial charge in [-0.05, 0) is 13.3 Å². The fourth-order valence-electron chi connectivity index (χ4n) is 1.89. The van der Waals surface area contributed by atoms with E-state index >= 15 is 0 Å². The number of rotatable bonds is 2. The number of halogens is 3. The second-order valence-corrected chi connectivity index (χ2v) is 4.36. The molecule has 100 valence electrons. The highest BCUT2D eigenvalue weighted by atomic mass is 19.4. The zero-order valence-electron chi connectivity index (χ0n) is 9.83. The third-order valence-electron chi connectivity index (χ3n) is 2.69. The molecule has 0 bridgehead atoms. The summed E-state index contributed by atoms with van der Waals surface area (Å²) in [6, 6.07) is -0.593. The second kappa shape index (κ2) is 5.68. The van der Waals surface area contributed by atoms with Crippen LogP contribution in [0.2, 0.25) is 0 Å². The molecule has 1 aliphatic rings. The number of alkyl halides is 3. The largest absolute Gasteiger partial charge is 0.401 e. The molecule has 1 saturated heterocycles. The summed E-state index contributed by atoms with van der Waals surface area (Å²) in [4.78, 5) is 14.5. The van der Waals surface area contributed by atoms with Crippen molar-refractivity contribution in [2.24, 2.45) is 5.73 Å². The molecule has 17 heavy (non-hydrogen) atoms. The Morgan fingerprint density at radius 2 is 1.94 bits per heavy atom. The SMILES string of the molecule is C[C@@H](N)C(=O)N1CCCN(CC(F)(F)F)CC1. The minimum Gasteiger partial charge on any atom is -0.340 e. The van der Waals surface area contributed by atoms with Gasteiger partial charge in [-0.15, -0.1) is 0 Å². The van der Waals surface area contributed by atoms with E-state index in [-0.39, 0.29) is 12.5 Å². The molecule has 0 spiro atoms. The first-order chi connectivity index (χ1) is 7.79. The summed E-state index contributed by atoms with van der Waals surface area (Å²) in [7, 11) is 0. The van der Waals surface area contributed by atoms with Gasteiger partial charge < -0.3 is 10.6 Å². The Morgan fingerprint density at radius 1 is 1.29 bits per heavy atom. The highest BCUT2D eigenvalue weighted by Gasteiger charge is 2.32. The summed E-state index contributed by atoms with van der Waals surface area (Å²) >= 11 is 0. The molecular formula is C10H18F3N3O. The van der Waals surface area contributed by atoms with E-state index < -0.39 is 18.8 Å². The molecule has 1 amide bonds. The predicted octanol–water partition coefficient (Wildman–Crippen LogP) is 0.430. The van der Waals surface area contributed by atoms with Crippen molar-refractivity contribution in [3.05, 3.63) is 0 Å². The molecule has 7 heteroatoms. The topological polar surface area (TPSA) is 49.6 Å². The van der Waals surface area contributed by atoms with Crippen LogP contribution >= 0.6 is 0 Å². The Kier molecular flexibility index (Phi) is 4.76. The van der Waals surface area contributed by atoms with E-state index in [1.54, 1.807) is 11.8 Å². The monoisotopic (exact) mass is 253 g/mol. The number of carbonyl (C=O) groups is 1. The summed E-state index contributed by atoms with van der Waals surface area (Å²) in [6.45, 7) is 2.08. The highest BCUT2D eigenvalue weighted by molar-refractivity contribution is 5.81. The molecule has 0 aromatic carbocycles. The van der Waals surface area contributed by atoms with Crippen molar-refractivity contribution in [1.29, 1.82) is 0 Å². The average Bonchev–Trinajstić information content (AvgIpc) is 2.39. The number of hydrogen-bond donors (Lipinski definition) is 1. The minimum absolute atomic E-state index is 0.196. The molecule has 1 rings (SSSR count). The number of nitrogens with zero attached hydrogens (tertiary/aromatic N) is 2. The zero-order chi connectivity index (χ0) is 13.1. The van der Waals surface area contributed by atoms with Crippen LogP contribution in [0, 0.1) is 0 Å². The maximum Gasteiger partial charge on any atom is 0.401 e. The average molecular weight is 253 g/mol. The van der Waals surface area contributed by atoms with Crippen LogP contribution in [0.3, 0.4) is 0 Å². The van der Waals surface area contributed by atoms with Gasteiger partial charge in [0, 0.05) is 26.2 Å². The lowest BCUT2D eigenvalue weighted by Gasteiger charge is -2.23. The Balaban J connectivity index is 2.47. The first-order valence-electron chi connectivity index (χ1n) is 5.63. The summed E-state index contributed by atoms with van der Waals surface area (Å²) in [5.41, 5.74) is 5.47. The van der Waals surface area contributed by atoms with Crippen molar-refractivity contribution in [1.82, 2.24) is 9.80 Å². The molecule has 0 radical (unpaired) electrons. The van der Waals surface area contributed by atoms with Crippen molar-refractivity contribution >= 4 is 5.91 Å². The highest BCUT2D eigenvalue weighted by Crippen LogP contribution is 2.17. The van der Waals surface area contributed by atoms with Crippen molar-refractivity contribution in [2.75, 3.05) is 32.7 Å². The van der Waals surface area contributed by atoms with Crippen molar-refractivity contribution in [3.63, 3.8) is 0 Å². The molecule has 0 unspecified atom stereocenters. The van der Waals surface area contributed by atoms with Gasteiger partial charge in [-0.1, -0.05) is 0 Å². The predicted molar refractivity (Wildman–Crippen MR) is 57.3 cm³/mol. The molecule has 4 nitrogen and oxygen atoms in total. The van der Waals surface area contributed by atoms with Gasteiger partial charge in [0.05, 0.1) is 12.6 Å². The van der Waals surface area contributed by atoms with Crippen LogP contribution in [0.5, 0.6) is 0 Å². The van der Waals surface area contributed by atoms with Crippen LogP contribution in [0.1, 0.15) is 13.3 Å². The number of hydrogen-bond acceptors (Lipinski definition) is 3. The standard InChI is InChI=1S/C10H18F3N3O/c1-8(14)9(17)16-4-2-3-15(5-6-16)7-10(11,12)13/h8H,2-7,14H2,1H3/t8-/m1/s1. The van der Waals surface area contributed by atoms with E-state index in [4.69, 9.17) is 5.73 Å². The molecule has 0 saturated carbocycles. The van der Waals surface area contributed by atoms with Gasteiger partial charge >= 0.3 is 6.18 Å². The molecule has 1 aliphatic heterocycles. The van der Waals surface area contributed by atoms with Crippen LogP contribution in [-0.4, -0.2) is 60.6 Å². The number of nitrogens with two attached hydrogens (primary N) is 1. The maximum absolute atomic E-state index is 12.2. The maximum atomic E-state index is 12.2. The summed E-state index contributed by atoms with van der Waals surface area (Å²) in [5, 5.41) is 0. The van der Waals surface area contributed by atoms with Gasteiger partial charge in [0.1, 0.15) is 0 Å². The Morgan fingerprint density at radius 3 is 2.47 bits per heavy atom. The first kappa shape index (κ1) is 14.2. The van der Waals surface area contributed by atoms with Gasteiger partial charge in [-0.2, -0.15) is 13.2 Å². The molecule has 0 aromatic rings. The summed E-state index contributed by atoms with van der Waals surface area (Å²) in [5.74, 6) is -0.196. The van der Waals surface area contributed by atoms with Crippen molar-refractivity contribution in [2.45, 2.75) is 25.6 Å². The summed E-state index contributed by atoms with van der Waals surface area (Å²) < 4.78 is 36.6. The van der Waals surface area contributed by atoms with E-state index in [1.807, 2.05) is 0 Å². The lowest BCUT2D eigenvalue weighted by atomic mass is 10.3. The van der Waals surface area contributed by atoms with Gasteiger partial charge in [-0.25, -0.2) is 0 Å². The lowest BCUT2D eigenvalue weighted by molar-refractivity contribution is -0.145. The third-order valence-corrected chi connectivity index (χ3v) is 2.69. The molecule has 2 N–H and O–H groups in total. The fourth-order valence-corrected chi connectivity index (χ4v) is 1.89. The Labute approximate surface area is 98.5 Å². The minimum atomic E-state index is -4.18. The third kappa shape index (κ3) is 4.91. The van der Waals surface area contributed by atoms with Gasteiger partial charge in [0.25, 0.3) is 0 Å². The van der Waals surface area contributed by atoms with Crippen molar-refractivity contribution < 1.29 is 18.0 Å². The van der Waals surface area contributed by atoms with Crippen LogP contribution in [0.15, 0.2) is 0 Å². The molecule has 1 atom stereocenters. The van der Waals surface area contributed by atoms with Crippen LogP contribution < -0.4 is 5.73 Å². The van der Waals surface area contributed by atoms with E-state index in [0.717, 1.165) is 0 Å². The number of carbonyl (C=O) groups excluding carboxylic acids is 1. The normalized spacial score (nSPS) is 21.1. The van der Waals surface area contributed by atoms with Crippen molar-refractivity contribution in [3.8, 4) is 0 Å². The van der Waals surface area contributed by atoms with Crippen LogP contribution in [0.4, 0.5) is 13.2 Å². The van der Waals surface area contributed by atoms with Crippen LogP contribution in [-0.2, 0) is 4.79 Å². The van der Waals surface area contributed by atoms with Gasteiger partial charge in [-0.3, -0.25) is 9.69 Å². The van der Waals surface area contributed by atoms with Gasteiger partial charge in [0.2, 0.25) is 5.91 Å².